The van der Waals surface area contributed by atoms with E-state index in [0.717, 1.165) is 0 Å². The van der Waals surface area contributed by atoms with Crippen LogP contribution in [0.25, 0.3) is 0 Å². The van der Waals surface area contributed by atoms with Gasteiger partial charge in [-0.2, -0.15) is 5.26 Å². The second-order valence-corrected chi connectivity index (χ2v) is 2.57. The predicted molar refractivity (Wildman–Crippen MR) is 40.0 cm³/mol. The van der Waals surface area contributed by atoms with Crippen molar-refractivity contribution < 1.29 is 4.74 Å². The van der Waals surface area contributed by atoms with Gasteiger partial charge < -0.3 is 10.5 Å². The monoisotopic (exact) mass is 154 g/mol. The minimum atomic E-state index is 0.438. The van der Waals surface area contributed by atoms with E-state index in [-0.39, 0.29) is 0 Å². The van der Waals surface area contributed by atoms with Gasteiger partial charge in [0, 0.05) is 5.38 Å². The van der Waals surface area contributed by atoms with E-state index in [9.17, 15) is 0 Å². The van der Waals surface area contributed by atoms with E-state index in [2.05, 4.69) is 0 Å². The minimum Gasteiger partial charge on any atom is -0.494 e. The Morgan fingerprint density at radius 2 is 2.50 bits per heavy atom. The molecule has 1 rings (SSSR count). The molecule has 0 saturated carbocycles. The lowest BCUT2D eigenvalue weighted by atomic mass is 10.3. The van der Waals surface area contributed by atoms with E-state index in [1.165, 1.54) is 18.4 Å². The number of nitriles is 1. The third-order valence-electron chi connectivity index (χ3n) is 1.12. The largest absolute Gasteiger partial charge is 0.494 e. The number of hydrogen-bond acceptors (Lipinski definition) is 4. The number of methoxy groups -OCH3 is 1. The van der Waals surface area contributed by atoms with Crippen molar-refractivity contribution in [1.82, 2.24) is 0 Å². The Hall–Kier alpha value is -1.21. The first kappa shape index (κ1) is 6.90. The average molecular weight is 154 g/mol. The molecule has 1 aromatic heterocycles. The molecule has 0 amide bonds. The molecule has 1 aromatic rings. The summed E-state index contributed by atoms with van der Waals surface area (Å²) in [6.07, 6.45) is 0. The van der Waals surface area contributed by atoms with Crippen LogP contribution in [0.1, 0.15) is 5.56 Å². The Kier molecular flexibility index (Phi) is 1.78. The lowest BCUT2D eigenvalue weighted by Crippen LogP contribution is -1.86. The number of hydrogen-bond donors (Lipinski definition) is 1. The van der Waals surface area contributed by atoms with Crippen LogP contribution in [-0.4, -0.2) is 7.11 Å². The standard InChI is InChI=1S/C6H6N2OS/c1-9-5-3-10-6(8)4(5)2-7/h3H,8H2,1H3. The molecule has 0 aromatic carbocycles. The van der Waals surface area contributed by atoms with Gasteiger partial charge in [0.05, 0.1) is 7.11 Å². The van der Waals surface area contributed by atoms with Crippen LogP contribution in [0.15, 0.2) is 5.38 Å². The van der Waals surface area contributed by atoms with E-state index in [1.54, 1.807) is 5.38 Å². The lowest BCUT2D eigenvalue weighted by molar-refractivity contribution is 0.415. The minimum absolute atomic E-state index is 0.438. The molecule has 0 saturated heterocycles. The van der Waals surface area contributed by atoms with Crippen molar-refractivity contribution in [2.24, 2.45) is 0 Å². The van der Waals surface area contributed by atoms with Gasteiger partial charge >= 0.3 is 0 Å². The molecule has 0 aliphatic heterocycles. The molecule has 0 aliphatic carbocycles. The highest BCUT2D eigenvalue weighted by Crippen LogP contribution is 2.29. The maximum Gasteiger partial charge on any atom is 0.149 e. The predicted octanol–water partition coefficient (Wildman–Crippen LogP) is 1.21. The zero-order valence-electron chi connectivity index (χ0n) is 5.42. The molecule has 0 aliphatic rings. The first-order valence-corrected chi connectivity index (χ1v) is 3.48. The summed E-state index contributed by atoms with van der Waals surface area (Å²) in [6.45, 7) is 0. The van der Waals surface area contributed by atoms with Crippen LogP contribution in [0, 0.1) is 11.3 Å². The van der Waals surface area contributed by atoms with Gasteiger partial charge in [0.2, 0.25) is 0 Å². The SMILES string of the molecule is COc1csc(N)c1C#N. The van der Waals surface area contributed by atoms with Gasteiger partial charge in [0.1, 0.15) is 22.4 Å². The van der Waals surface area contributed by atoms with E-state index in [0.29, 0.717) is 16.3 Å². The van der Waals surface area contributed by atoms with E-state index in [1.807, 2.05) is 6.07 Å². The summed E-state index contributed by atoms with van der Waals surface area (Å²) in [5, 5.41) is 10.7. The maximum atomic E-state index is 8.52. The number of ether oxygens (including phenoxy) is 1. The van der Waals surface area contributed by atoms with Crippen LogP contribution in [0.5, 0.6) is 5.75 Å². The summed E-state index contributed by atoms with van der Waals surface area (Å²) < 4.78 is 4.86. The molecule has 10 heavy (non-hydrogen) atoms. The number of nitrogens with two attached hydrogens (primary N) is 1. The second-order valence-electron chi connectivity index (χ2n) is 1.66. The van der Waals surface area contributed by atoms with E-state index < -0.39 is 0 Å². The second kappa shape index (κ2) is 2.58. The van der Waals surface area contributed by atoms with Crippen molar-refractivity contribution in [3.63, 3.8) is 0 Å². The van der Waals surface area contributed by atoms with Crippen molar-refractivity contribution in [3.8, 4) is 11.8 Å². The Morgan fingerprint density at radius 3 is 2.90 bits per heavy atom. The molecule has 0 unspecified atom stereocenters. The molecular weight excluding hydrogens is 148 g/mol. The first-order valence-electron chi connectivity index (χ1n) is 2.60. The van der Waals surface area contributed by atoms with Gasteiger partial charge in [-0.25, -0.2) is 0 Å². The molecule has 2 N–H and O–H groups in total. The van der Waals surface area contributed by atoms with Crippen molar-refractivity contribution in [1.29, 1.82) is 5.26 Å². The molecule has 4 heteroatoms. The fourth-order valence-electron chi connectivity index (χ4n) is 0.617. The zero-order valence-corrected chi connectivity index (χ0v) is 6.23. The third kappa shape index (κ3) is 0.913. The van der Waals surface area contributed by atoms with Crippen molar-refractivity contribution in [2.75, 3.05) is 12.8 Å². The highest BCUT2D eigenvalue weighted by Gasteiger charge is 2.07. The molecule has 0 bridgehead atoms. The Balaban J connectivity index is 3.17. The molecule has 3 nitrogen and oxygen atoms in total. The van der Waals surface area contributed by atoms with Gasteiger partial charge in [-0.1, -0.05) is 0 Å². The Bertz CT molecular complexity index is 274. The normalized spacial score (nSPS) is 8.80. The van der Waals surface area contributed by atoms with Gasteiger partial charge in [0.25, 0.3) is 0 Å². The highest BCUT2D eigenvalue weighted by molar-refractivity contribution is 7.14. The zero-order chi connectivity index (χ0) is 7.56. The molecular formula is C6H6N2OS. The van der Waals surface area contributed by atoms with Crippen molar-refractivity contribution in [3.05, 3.63) is 10.9 Å². The number of anilines is 1. The van der Waals surface area contributed by atoms with E-state index >= 15 is 0 Å². The first-order chi connectivity index (χ1) is 4.79. The topological polar surface area (TPSA) is 59.0 Å². The van der Waals surface area contributed by atoms with Gasteiger partial charge in [-0.15, -0.1) is 11.3 Å². The van der Waals surface area contributed by atoms with Gasteiger partial charge in [-0.05, 0) is 0 Å². The summed E-state index contributed by atoms with van der Waals surface area (Å²) in [4.78, 5) is 0. The summed E-state index contributed by atoms with van der Waals surface area (Å²) in [5.41, 5.74) is 5.88. The number of thiophene rings is 1. The summed E-state index contributed by atoms with van der Waals surface area (Å²) >= 11 is 1.31. The van der Waals surface area contributed by atoms with Crippen LogP contribution in [0.4, 0.5) is 5.00 Å². The fourth-order valence-corrected chi connectivity index (χ4v) is 1.33. The van der Waals surface area contributed by atoms with Crippen LogP contribution >= 0.6 is 11.3 Å². The van der Waals surface area contributed by atoms with Crippen LogP contribution in [-0.2, 0) is 0 Å². The molecule has 0 radical (unpaired) electrons. The molecule has 0 spiro atoms. The number of nitrogens with zero attached hydrogens (tertiary/aromatic N) is 1. The quantitative estimate of drug-likeness (QED) is 0.661. The average Bonchev–Trinajstić information content (AvgIpc) is 2.30. The third-order valence-corrected chi connectivity index (χ3v) is 1.91. The van der Waals surface area contributed by atoms with Crippen LogP contribution < -0.4 is 10.5 Å². The molecule has 52 valence electrons. The van der Waals surface area contributed by atoms with Gasteiger partial charge in [0.15, 0.2) is 0 Å². The van der Waals surface area contributed by atoms with Crippen LogP contribution in [0.3, 0.4) is 0 Å². The lowest BCUT2D eigenvalue weighted by Gasteiger charge is -1.92. The number of rotatable bonds is 1. The van der Waals surface area contributed by atoms with Crippen molar-refractivity contribution in [2.45, 2.75) is 0 Å². The summed E-state index contributed by atoms with van der Waals surface area (Å²) in [7, 11) is 1.52. The summed E-state index contributed by atoms with van der Waals surface area (Å²) in [5.74, 6) is 0.560. The smallest absolute Gasteiger partial charge is 0.149 e. The summed E-state index contributed by atoms with van der Waals surface area (Å²) in [6, 6.07) is 1.96. The highest BCUT2D eigenvalue weighted by atomic mass is 32.1. The Labute approximate surface area is 62.6 Å². The van der Waals surface area contributed by atoms with Crippen LogP contribution in [0.2, 0.25) is 0 Å². The fraction of sp³-hybridized carbons (Fsp3) is 0.167. The molecule has 0 atom stereocenters. The molecule has 0 fully saturated rings. The maximum absolute atomic E-state index is 8.52. The van der Waals surface area contributed by atoms with E-state index in [4.69, 9.17) is 15.7 Å². The van der Waals surface area contributed by atoms with Gasteiger partial charge in [-0.3, -0.25) is 0 Å². The van der Waals surface area contributed by atoms with Crippen molar-refractivity contribution >= 4 is 16.3 Å². The number of nitrogen functional groups attached to an aromatic ring is 1. The Morgan fingerprint density at radius 1 is 1.80 bits per heavy atom. The molecule has 1 heterocycles.